The van der Waals surface area contributed by atoms with Crippen molar-refractivity contribution in [1.82, 2.24) is 0 Å². The molecular weight excluding hydrogens is 286 g/mol. The van der Waals surface area contributed by atoms with Crippen LogP contribution < -0.4 is 0 Å². The van der Waals surface area contributed by atoms with E-state index in [0.717, 1.165) is 32.3 Å². The molecule has 5 aromatic carbocycles. The van der Waals surface area contributed by atoms with E-state index in [4.69, 9.17) is 0 Å². The Kier molecular flexibility index (Phi) is 2.24. The topological polar surface area (TPSA) is 43.1 Å². The van der Waals surface area contributed by atoms with Gasteiger partial charge in [-0.3, -0.25) is 10.1 Å². The van der Waals surface area contributed by atoms with Crippen molar-refractivity contribution in [2.45, 2.75) is 0 Å². The molecule has 0 bridgehead atoms. The van der Waals surface area contributed by atoms with Gasteiger partial charge < -0.3 is 0 Å². The van der Waals surface area contributed by atoms with Crippen LogP contribution >= 0.6 is 0 Å². The molecule has 108 valence electrons. The summed E-state index contributed by atoms with van der Waals surface area (Å²) in [5, 5.41) is 20.0. The van der Waals surface area contributed by atoms with E-state index in [9.17, 15) is 10.1 Å². The van der Waals surface area contributed by atoms with Crippen LogP contribution in [0.2, 0.25) is 0 Å². The summed E-state index contributed by atoms with van der Waals surface area (Å²) in [4.78, 5) is 11.0. The van der Waals surface area contributed by atoms with Crippen LogP contribution in [0.3, 0.4) is 0 Å². The summed E-state index contributed by atoms with van der Waals surface area (Å²) in [5.41, 5.74) is 0.140. The maximum atomic E-state index is 11.3. The van der Waals surface area contributed by atoms with E-state index in [1.54, 1.807) is 12.1 Å². The van der Waals surface area contributed by atoms with Gasteiger partial charge in [-0.25, -0.2) is 0 Å². The first-order valence-electron chi connectivity index (χ1n) is 7.48. The van der Waals surface area contributed by atoms with Crippen LogP contribution in [-0.4, -0.2) is 4.92 Å². The minimum Gasteiger partial charge on any atom is -0.258 e. The predicted molar refractivity (Wildman–Crippen MR) is 94.3 cm³/mol. The zero-order valence-corrected chi connectivity index (χ0v) is 12.1. The molecule has 0 aliphatic rings. The second-order valence-electron chi connectivity index (χ2n) is 5.86. The first kappa shape index (κ1) is 12.4. The lowest BCUT2D eigenvalue weighted by atomic mass is 9.89. The highest BCUT2D eigenvalue weighted by Gasteiger charge is 2.16. The minimum absolute atomic E-state index is 0.140. The van der Waals surface area contributed by atoms with Crippen molar-refractivity contribution in [2.75, 3.05) is 0 Å². The van der Waals surface area contributed by atoms with Crippen LogP contribution in [0.15, 0.2) is 66.7 Å². The number of non-ortho nitro benzene ring substituents is 1. The third kappa shape index (κ3) is 1.53. The maximum absolute atomic E-state index is 11.3. The molecule has 5 rings (SSSR count). The Balaban J connectivity index is 2.21. The van der Waals surface area contributed by atoms with E-state index in [1.807, 2.05) is 18.2 Å². The number of nitro benzene ring substituents is 1. The average Bonchev–Trinajstić information content (AvgIpc) is 2.58. The third-order valence-corrected chi connectivity index (χ3v) is 4.66. The van der Waals surface area contributed by atoms with E-state index < -0.39 is 0 Å². The Morgan fingerprint density at radius 1 is 0.652 bits per heavy atom. The van der Waals surface area contributed by atoms with Gasteiger partial charge in [0.25, 0.3) is 5.69 Å². The van der Waals surface area contributed by atoms with E-state index in [-0.39, 0.29) is 10.6 Å². The van der Waals surface area contributed by atoms with Crippen molar-refractivity contribution >= 4 is 48.8 Å². The van der Waals surface area contributed by atoms with Gasteiger partial charge in [-0.05, 0) is 43.1 Å². The van der Waals surface area contributed by atoms with Gasteiger partial charge in [-0.2, -0.15) is 0 Å². The lowest BCUT2D eigenvalue weighted by Crippen LogP contribution is -1.91. The summed E-state index contributed by atoms with van der Waals surface area (Å²) < 4.78 is 0. The number of nitro groups is 1. The number of benzene rings is 5. The number of nitrogens with zero attached hydrogens (tertiary/aromatic N) is 1. The Morgan fingerprint density at radius 3 is 1.78 bits per heavy atom. The Bertz CT molecular complexity index is 1240. The Labute approximate surface area is 131 Å². The molecule has 3 nitrogen and oxygen atoms in total. The highest BCUT2D eigenvalue weighted by Crippen LogP contribution is 2.41. The van der Waals surface area contributed by atoms with Crippen LogP contribution in [0, 0.1) is 10.1 Å². The maximum Gasteiger partial charge on any atom is 0.270 e. The largest absolute Gasteiger partial charge is 0.270 e. The number of hydrogen-bond donors (Lipinski definition) is 0. The van der Waals surface area contributed by atoms with Gasteiger partial charge in [-0.15, -0.1) is 0 Å². The van der Waals surface area contributed by atoms with Gasteiger partial charge in [0.05, 0.1) is 4.92 Å². The molecule has 0 atom stereocenters. The van der Waals surface area contributed by atoms with Gasteiger partial charge in [-0.1, -0.05) is 54.6 Å². The third-order valence-electron chi connectivity index (χ3n) is 4.66. The minimum atomic E-state index is -0.316. The summed E-state index contributed by atoms with van der Waals surface area (Å²) in [7, 11) is 0. The molecule has 0 aliphatic heterocycles. The standard InChI is InChI=1S/C20H11NO2/c22-21(23)14-10-13-6-3-8-16-15-7-1-4-12-5-2-9-17(19(12)15)18(11-14)20(13)16/h1-11H. The molecule has 0 aliphatic carbocycles. The van der Waals surface area contributed by atoms with Gasteiger partial charge in [0.15, 0.2) is 0 Å². The molecule has 0 N–H and O–H groups in total. The van der Waals surface area contributed by atoms with Crippen molar-refractivity contribution in [3.63, 3.8) is 0 Å². The highest BCUT2D eigenvalue weighted by molar-refractivity contribution is 6.33. The first-order valence-corrected chi connectivity index (χ1v) is 7.48. The van der Waals surface area contributed by atoms with Gasteiger partial charge in [0, 0.05) is 12.1 Å². The van der Waals surface area contributed by atoms with E-state index in [1.165, 1.54) is 10.8 Å². The quantitative estimate of drug-likeness (QED) is 0.174. The van der Waals surface area contributed by atoms with Crippen LogP contribution in [0.1, 0.15) is 0 Å². The number of hydrogen-bond acceptors (Lipinski definition) is 2. The van der Waals surface area contributed by atoms with Gasteiger partial charge in [0.1, 0.15) is 0 Å². The normalized spacial score (nSPS) is 11.8. The monoisotopic (exact) mass is 297 g/mol. The Morgan fingerprint density at radius 2 is 1.17 bits per heavy atom. The molecular formula is C20H11NO2. The molecule has 5 aromatic rings. The molecule has 0 aromatic heterocycles. The summed E-state index contributed by atoms with van der Waals surface area (Å²) in [5.74, 6) is 0. The van der Waals surface area contributed by atoms with E-state index >= 15 is 0 Å². The molecule has 0 fully saturated rings. The van der Waals surface area contributed by atoms with Crippen molar-refractivity contribution < 1.29 is 4.92 Å². The molecule has 0 spiro atoms. The molecule has 0 radical (unpaired) electrons. The molecule has 3 heteroatoms. The molecule has 0 saturated carbocycles. The van der Waals surface area contributed by atoms with Crippen molar-refractivity contribution in [1.29, 1.82) is 0 Å². The van der Waals surface area contributed by atoms with Crippen LogP contribution in [0.5, 0.6) is 0 Å². The van der Waals surface area contributed by atoms with E-state index in [2.05, 4.69) is 36.4 Å². The zero-order valence-electron chi connectivity index (χ0n) is 12.1. The van der Waals surface area contributed by atoms with Crippen LogP contribution in [-0.2, 0) is 0 Å². The van der Waals surface area contributed by atoms with Crippen molar-refractivity contribution in [3.8, 4) is 0 Å². The van der Waals surface area contributed by atoms with Crippen LogP contribution in [0.25, 0.3) is 43.1 Å². The summed E-state index contributed by atoms with van der Waals surface area (Å²) in [6, 6.07) is 21.8. The molecule has 0 unspecified atom stereocenters. The number of rotatable bonds is 1. The fourth-order valence-corrected chi connectivity index (χ4v) is 3.74. The van der Waals surface area contributed by atoms with Crippen molar-refractivity contribution in [2.24, 2.45) is 0 Å². The molecule has 0 saturated heterocycles. The van der Waals surface area contributed by atoms with Gasteiger partial charge in [0.2, 0.25) is 0 Å². The fraction of sp³-hybridized carbons (Fsp3) is 0. The summed E-state index contributed by atoms with van der Waals surface area (Å²) in [6.45, 7) is 0. The molecule has 23 heavy (non-hydrogen) atoms. The first-order chi connectivity index (χ1) is 11.2. The SMILES string of the molecule is O=[N+]([O-])c1cc2cccc3c4cccc5cccc(c(c1)c23)c54. The lowest BCUT2D eigenvalue weighted by Gasteiger charge is -2.13. The fourth-order valence-electron chi connectivity index (χ4n) is 3.74. The Hall–Kier alpha value is -3.20. The number of fused-ring (bicyclic) bond motifs is 2. The summed E-state index contributed by atoms with van der Waals surface area (Å²) in [6.07, 6.45) is 0. The van der Waals surface area contributed by atoms with Gasteiger partial charge >= 0.3 is 0 Å². The average molecular weight is 297 g/mol. The lowest BCUT2D eigenvalue weighted by molar-refractivity contribution is -0.384. The zero-order chi connectivity index (χ0) is 15.6. The second kappa shape index (κ2) is 4.17. The predicted octanol–water partition coefficient (Wildman–Crippen LogP) is 5.65. The summed E-state index contributed by atoms with van der Waals surface area (Å²) >= 11 is 0. The van der Waals surface area contributed by atoms with E-state index in [0.29, 0.717) is 0 Å². The van der Waals surface area contributed by atoms with Crippen LogP contribution in [0.4, 0.5) is 5.69 Å². The smallest absolute Gasteiger partial charge is 0.258 e. The highest BCUT2D eigenvalue weighted by atomic mass is 16.6. The molecule has 0 heterocycles. The second-order valence-corrected chi connectivity index (χ2v) is 5.86. The molecule has 0 amide bonds. The van der Waals surface area contributed by atoms with Crippen molar-refractivity contribution in [3.05, 3.63) is 76.8 Å².